The van der Waals surface area contributed by atoms with Gasteiger partial charge in [0, 0.05) is 27.1 Å². The molecule has 0 fully saturated rings. The van der Waals surface area contributed by atoms with Crippen molar-refractivity contribution in [2.24, 2.45) is 5.73 Å². The fraction of sp³-hybridized carbons (Fsp3) is 0.350. The minimum atomic E-state index is -0.200. The molecule has 0 bridgehead atoms. The van der Waals surface area contributed by atoms with Crippen LogP contribution >= 0.6 is 11.3 Å². The van der Waals surface area contributed by atoms with Gasteiger partial charge in [-0.15, -0.1) is 11.3 Å². The van der Waals surface area contributed by atoms with Crippen molar-refractivity contribution in [3.8, 4) is 5.75 Å². The molecule has 0 saturated carbocycles. The second-order valence-corrected chi connectivity index (χ2v) is 6.86. The normalized spacial score (nSPS) is 12.1. The molecule has 0 aliphatic carbocycles. The summed E-state index contributed by atoms with van der Waals surface area (Å²) in [5.74, 6) is 0.627. The number of benzene rings is 1. The maximum Gasteiger partial charge on any atom is 0.195 e. The van der Waals surface area contributed by atoms with Crippen molar-refractivity contribution in [2.75, 3.05) is 19.8 Å². The Labute approximate surface area is 152 Å². The van der Waals surface area contributed by atoms with Crippen LogP contribution in [0.15, 0.2) is 36.2 Å². The molecule has 0 amide bonds. The van der Waals surface area contributed by atoms with Gasteiger partial charge in [-0.3, -0.25) is 4.79 Å². The van der Waals surface area contributed by atoms with E-state index in [2.05, 4.69) is 20.1 Å². The molecular formula is C20H25NO3S. The summed E-state index contributed by atoms with van der Waals surface area (Å²) in [7, 11) is 0. The molecule has 25 heavy (non-hydrogen) atoms. The Morgan fingerprint density at radius 3 is 2.76 bits per heavy atom. The van der Waals surface area contributed by atoms with E-state index >= 15 is 0 Å². The van der Waals surface area contributed by atoms with E-state index in [1.54, 1.807) is 18.2 Å². The third-order valence-electron chi connectivity index (χ3n) is 3.75. The van der Waals surface area contributed by atoms with Crippen molar-refractivity contribution in [3.05, 3.63) is 52.0 Å². The minimum Gasteiger partial charge on any atom is -0.492 e. The maximum absolute atomic E-state index is 12.6. The minimum absolute atomic E-state index is 0.0590. The standard InChI is InChI=1S/C20H25NO3S/c1-4-7-10-23-12-14(21)13-24-15-8-9-19-17(11-15)20(22)16(5-2)18(6-3)25-19/h5-6,8-9,11,14H,2-4,7,10,12-13,21H2,1H3. The van der Waals surface area contributed by atoms with Crippen molar-refractivity contribution in [1.82, 2.24) is 0 Å². The predicted molar refractivity (Wildman–Crippen MR) is 107 cm³/mol. The highest BCUT2D eigenvalue weighted by Gasteiger charge is 2.10. The monoisotopic (exact) mass is 359 g/mol. The largest absolute Gasteiger partial charge is 0.492 e. The van der Waals surface area contributed by atoms with Crippen LogP contribution in [-0.4, -0.2) is 25.9 Å². The molecule has 2 aromatic rings. The molecule has 1 atom stereocenters. The second-order valence-electron chi connectivity index (χ2n) is 5.77. The molecule has 0 radical (unpaired) electrons. The number of unbranched alkanes of at least 4 members (excludes halogenated alkanes) is 1. The van der Waals surface area contributed by atoms with Crippen LogP contribution in [0.3, 0.4) is 0 Å². The molecule has 1 aromatic heterocycles. The molecule has 134 valence electrons. The zero-order valence-corrected chi connectivity index (χ0v) is 15.4. The average Bonchev–Trinajstić information content (AvgIpc) is 2.63. The van der Waals surface area contributed by atoms with Gasteiger partial charge in [0.05, 0.1) is 12.6 Å². The fourth-order valence-electron chi connectivity index (χ4n) is 2.37. The van der Waals surface area contributed by atoms with E-state index in [4.69, 9.17) is 15.2 Å². The molecular weight excluding hydrogens is 334 g/mol. The molecule has 1 heterocycles. The van der Waals surface area contributed by atoms with Gasteiger partial charge in [-0.25, -0.2) is 0 Å². The number of nitrogens with two attached hydrogens (primary N) is 1. The molecule has 2 rings (SSSR count). The van der Waals surface area contributed by atoms with Crippen molar-refractivity contribution in [2.45, 2.75) is 25.8 Å². The summed E-state index contributed by atoms with van der Waals surface area (Å²) in [5.41, 5.74) is 6.51. The van der Waals surface area contributed by atoms with Crippen LogP contribution < -0.4 is 15.9 Å². The van der Waals surface area contributed by atoms with Crippen LogP contribution in [0.5, 0.6) is 5.75 Å². The summed E-state index contributed by atoms with van der Waals surface area (Å²) in [5, 5.41) is 0.621. The molecule has 0 spiro atoms. The highest BCUT2D eigenvalue weighted by atomic mass is 32.1. The highest BCUT2D eigenvalue weighted by Crippen LogP contribution is 2.26. The number of hydrogen-bond acceptors (Lipinski definition) is 5. The lowest BCUT2D eigenvalue weighted by molar-refractivity contribution is 0.103. The second kappa shape index (κ2) is 9.51. The van der Waals surface area contributed by atoms with Crippen LogP contribution in [0.4, 0.5) is 0 Å². The van der Waals surface area contributed by atoms with E-state index < -0.39 is 0 Å². The Morgan fingerprint density at radius 2 is 2.08 bits per heavy atom. The van der Waals surface area contributed by atoms with E-state index in [-0.39, 0.29) is 11.5 Å². The van der Waals surface area contributed by atoms with Crippen molar-refractivity contribution in [1.29, 1.82) is 0 Å². The third kappa shape index (κ3) is 5.01. The van der Waals surface area contributed by atoms with Crippen LogP contribution in [0.1, 0.15) is 30.2 Å². The van der Waals surface area contributed by atoms with Crippen LogP contribution in [-0.2, 0) is 4.74 Å². The lowest BCUT2D eigenvalue weighted by atomic mass is 10.1. The molecule has 0 saturated heterocycles. The van der Waals surface area contributed by atoms with Gasteiger partial charge in [0.1, 0.15) is 12.4 Å². The van der Waals surface area contributed by atoms with Gasteiger partial charge in [0.25, 0.3) is 0 Å². The van der Waals surface area contributed by atoms with E-state index in [9.17, 15) is 4.79 Å². The smallest absolute Gasteiger partial charge is 0.195 e. The van der Waals surface area contributed by atoms with Crippen LogP contribution in [0.2, 0.25) is 0 Å². The molecule has 0 aliphatic rings. The third-order valence-corrected chi connectivity index (χ3v) is 4.94. The SMILES string of the molecule is C=Cc1sc2ccc(OCC(N)COCCCC)cc2c(=O)c1C=C. The summed E-state index contributed by atoms with van der Waals surface area (Å²) in [4.78, 5) is 13.4. The van der Waals surface area contributed by atoms with E-state index in [0.717, 1.165) is 29.0 Å². The molecule has 1 aromatic carbocycles. The first-order valence-electron chi connectivity index (χ1n) is 8.42. The first-order chi connectivity index (χ1) is 12.1. The number of hydrogen-bond donors (Lipinski definition) is 1. The highest BCUT2D eigenvalue weighted by molar-refractivity contribution is 7.19. The first-order valence-corrected chi connectivity index (χ1v) is 9.24. The van der Waals surface area contributed by atoms with Gasteiger partial charge < -0.3 is 15.2 Å². The summed E-state index contributed by atoms with van der Waals surface area (Å²) in [6, 6.07) is 5.30. The lowest BCUT2D eigenvalue weighted by Gasteiger charge is -2.14. The topological polar surface area (TPSA) is 61.6 Å². The Hall–Kier alpha value is -1.95. The van der Waals surface area contributed by atoms with Crippen LogP contribution in [0, 0.1) is 0 Å². The quantitative estimate of drug-likeness (QED) is 0.650. The summed E-state index contributed by atoms with van der Waals surface area (Å²) in [6.07, 6.45) is 5.39. The van der Waals surface area contributed by atoms with E-state index in [0.29, 0.717) is 29.9 Å². The lowest BCUT2D eigenvalue weighted by Crippen LogP contribution is -2.33. The number of ether oxygens (including phenoxy) is 2. The zero-order chi connectivity index (χ0) is 18.2. The Morgan fingerprint density at radius 1 is 1.28 bits per heavy atom. The number of fused-ring (bicyclic) bond motifs is 1. The van der Waals surface area contributed by atoms with Crippen LogP contribution in [0.25, 0.3) is 22.2 Å². The zero-order valence-electron chi connectivity index (χ0n) is 14.6. The average molecular weight is 359 g/mol. The Kier molecular flexibility index (Phi) is 7.37. The van der Waals surface area contributed by atoms with E-state index in [1.807, 2.05) is 12.1 Å². The molecule has 0 aliphatic heterocycles. The van der Waals surface area contributed by atoms with Gasteiger partial charge in [0.15, 0.2) is 5.43 Å². The predicted octanol–water partition coefficient (Wildman–Crippen LogP) is 4.07. The molecule has 4 nitrogen and oxygen atoms in total. The molecule has 1 unspecified atom stereocenters. The molecule has 2 N–H and O–H groups in total. The summed E-state index contributed by atoms with van der Waals surface area (Å²) in [6.45, 7) is 11.1. The fourth-order valence-corrected chi connectivity index (χ4v) is 3.38. The Balaban J connectivity index is 2.10. The summed E-state index contributed by atoms with van der Waals surface area (Å²) >= 11 is 1.51. The van der Waals surface area contributed by atoms with Gasteiger partial charge in [-0.05, 0) is 24.6 Å². The molecule has 5 heteroatoms. The van der Waals surface area contributed by atoms with Gasteiger partial charge in [-0.2, -0.15) is 0 Å². The van der Waals surface area contributed by atoms with Crippen molar-refractivity contribution >= 4 is 33.6 Å². The van der Waals surface area contributed by atoms with Gasteiger partial charge in [-0.1, -0.05) is 38.7 Å². The first kappa shape index (κ1) is 19.4. The Bertz CT molecular complexity index is 797. The van der Waals surface area contributed by atoms with Crippen molar-refractivity contribution < 1.29 is 9.47 Å². The van der Waals surface area contributed by atoms with Gasteiger partial charge >= 0.3 is 0 Å². The summed E-state index contributed by atoms with van der Waals surface area (Å²) < 4.78 is 12.1. The van der Waals surface area contributed by atoms with E-state index in [1.165, 1.54) is 11.3 Å². The van der Waals surface area contributed by atoms with Gasteiger partial charge in [0.2, 0.25) is 0 Å². The number of rotatable bonds is 10. The maximum atomic E-state index is 12.6. The van der Waals surface area contributed by atoms with Crippen molar-refractivity contribution in [3.63, 3.8) is 0 Å².